The first-order valence-electron chi connectivity index (χ1n) is 14.2. The molecule has 3 aliphatic rings. The Morgan fingerprint density at radius 3 is 1.92 bits per heavy atom. The first kappa shape index (κ1) is 32.2. The van der Waals surface area contributed by atoms with Crippen LogP contribution in [0.4, 0.5) is 0 Å². The number of ether oxygens (including phenoxy) is 1. The standard InChI is InChI=1S/C27H45IN4O7/c1-6-22(33)19-10-7-16-31(19)25(36)21-12-9-17-32(21)24(35)20-11-8-15-30(20)23(34)13-14-27(4,5)37-18-26(2,3)29-39-38-28/h19-21,29H,6-18H2,1-5H3. The molecule has 11 nitrogen and oxygen atoms in total. The molecular weight excluding hydrogens is 619 g/mol. The van der Waals surface area contributed by atoms with Crippen LogP contribution in [0.15, 0.2) is 0 Å². The molecule has 1 N–H and O–H groups in total. The fourth-order valence-corrected chi connectivity index (χ4v) is 5.84. The summed E-state index contributed by atoms with van der Waals surface area (Å²) in [5.74, 6) is -0.251. The van der Waals surface area contributed by atoms with Crippen LogP contribution in [0.5, 0.6) is 0 Å². The summed E-state index contributed by atoms with van der Waals surface area (Å²) in [6.07, 6.45) is 5.36. The van der Waals surface area contributed by atoms with Gasteiger partial charge in [-0.1, -0.05) is 6.92 Å². The van der Waals surface area contributed by atoms with Crippen molar-refractivity contribution in [1.29, 1.82) is 0 Å². The lowest BCUT2D eigenvalue weighted by Gasteiger charge is -2.34. The lowest BCUT2D eigenvalue weighted by Crippen LogP contribution is -2.55. The molecule has 0 saturated carbocycles. The van der Waals surface area contributed by atoms with E-state index in [1.165, 1.54) is 0 Å². The van der Waals surface area contributed by atoms with Crippen molar-refractivity contribution in [2.45, 2.75) is 122 Å². The van der Waals surface area contributed by atoms with E-state index < -0.39 is 23.2 Å². The van der Waals surface area contributed by atoms with Gasteiger partial charge in [0.15, 0.2) is 28.8 Å². The predicted molar refractivity (Wildman–Crippen MR) is 152 cm³/mol. The number of rotatable bonds is 13. The highest BCUT2D eigenvalue weighted by atomic mass is 127. The number of carbonyl (C=O) groups is 4. The third-order valence-corrected chi connectivity index (χ3v) is 8.23. The van der Waals surface area contributed by atoms with E-state index in [-0.39, 0.29) is 36.0 Å². The molecule has 3 amide bonds. The van der Waals surface area contributed by atoms with E-state index in [4.69, 9.17) is 9.73 Å². The lowest BCUT2D eigenvalue weighted by atomic mass is 10.0. The molecule has 3 atom stereocenters. The summed E-state index contributed by atoms with van der Waals surface area (Å²) in [5, 5.41) is 0. The van der Waals surface area contributed by atoms with E-state index in [9.17, 15) is 19.2 Å². The van der Waals surface area contributed by atoms with Crippen molar-refractivity contribution in [1.82, 2.24) is 20.2 Å². The Labute approximate surface area is 246 Å². The van der Waals surface area contributed by atoms with Crippen molar-refractivity contribution in [2.24, 2.45) is 0 Å². The first-order chi connectivity index (χ1) is 18.4. The molecule has 0 aliphatic carbocycles. The van der Waals surface area contributed by atoms with E-state index in [0.29, 0.717) is 58.3 Å². The summed E-state index contributed by atoms with van der Waals surface area (Å²) in [6.45, 7) is 11.5. The van der Waals surface area contributed by atoms with E-state index in [1.54, 1.807) is 37.7 Å². The highest BCUT2D eigenvalue weighted by molar-refractivity contribution is 14.1. The molecule has 3 rings (SSSR count). The molecule has 0 aromatic rings. The number of nitrogens with zero attached hydrogens (tertiary/aromatic N) is 3. The van der Waals surface area contributed by atoms with Crippen molar-refractivity contribution in [3.05, 3.63) is 0 Å². The summed E-state index contributed by atoms with van der Waals surface area (Å²) in [4.78, 5) is 62.7. The molecule has 39 heavy (non-hydrogen) atoms. The van der Waals surface area contributed by atoms with Crippen molar-refractivity contribution in [2.75, 3.05) is 26.2 Å². The largest absolute Gasteiger partial charge is 0.374 e. The van der Waals surface area contributed by atoms with Crippen LogP contribution in [-0.4, -0.2) is 93.7 Å². The Morgan fingerprint density at radius 1 is 0.846 bits per heavy atom. The molecule has 3 saturated heterocycles. The smallest absolute Gasteiger partial charge is 0.246 e. The minimum Gasteiger partial charge on any atom is -0.374 e. The van der Waals surface area contributed by atoms with Gasteiger partial charge in [0.05, 0.1) is 23.8 Å². The van der Waals surface area contributed by atoms with Gasteiger partial charge in [-0.2, -0.15) is 5.48 Å². The van der Waals surface area contributed by atoms with Gasteiger partial charge in [-0.3, -0.25) is 19.2 Å². The van der Waals surface area contributed by atoms with E-state index in [2.05, 4.69) is 8.70 Å². The monoisotopic (exact) mass is 664 g/mol. The molecule has 3 heterocycles. The Balaban J connectivity index is 1.58. The average molecular weight is 665 g/mol. The second-order valence-electron chi connectivity index (χ2n) is 12.1. The number of likely N-dealkylation sites (tertiary alicyclic amines) is 3. The molecule has 3 fully saturated rings. The zero-order valence-corrected chi connectivity index (χ0v) is 26.2. The second-order valence-corrected chi connectivity index (χ2v) is 12.5. The van der Waals surface area contributed by atoms with Crippen LogP contribution in [-0.2, 0) is 32.1 Å². The topological polar surface area (TPSA) is 118 Å². The van der Waals surface area contributed by atoms with E-state index in [1.807, 2.05) is 34.6 Å². The van der Waals surface area contributed by atoms with Gasteiger partial charge in [-0.15, -0.1) is 8.21 Å². The fraction of sp³-hybridized carbons (Fsp3) is 0.852. The zero-order chi connectivity index (χ0) is 28.8. The van der Waals surface area contributed by atoms with Gasteiger partial charge in [0.25, 0.3) is 0 Å². The van der Waals surface area contributed by atoms with E-state index >= 15 is 0 Å². The van der Waals surface area contributed by atoms with Gasteiger partial charge in [0, 0.05) is 32.5 Å². The van der Waals surface area contributed by atoms with Crippen LogP contribution in [0.25, 0.3) is 0 Å². The predicted octanol–water partition coefficient (Wildman–Crippen LogP) is 3.10. The number of amides is 3. The number of Topliss-reactive ketones (excluding diaryl/α,β-unsaturated/α-hetero) is 1. The van der Waals surface area contributed by atoms with Gasteiger partial charge in [-0.05, 0) is 72.6 Å². The van der Waals surface area contributed by atoms with Crippen LogP contribution < -0.4 is 5.48 Å². The molecule has 0 aromatic heterocycles. The Kier molecular flexibility index (Phi) is 11.6. The number of halogens is 1. The maximum Gasteiger partial charge on any atom is 0.246 e. The lowest BCUT2D eigenvalue weighted by molar-refractivity contribution is -0.251. The second kappa shape index (κ2) is 14.0. The number of hydroxylamine groups is 1. The molecular formula is C27H45IN4O7. The minimum atomic E-state index is -0.562. The Hall–Kier alpha value is -1.35. The van der Waals surface area contributed by atoms with Gasteiger partial charge in [0.2, 0.25) is 17.7 Å². The summed E-state index contributed by atoms with van der Waals surface area (Å²) in [5.41, 5.74) is 1.70. The van der Waals surface area contributed by atoms with Gasteiger partial charge < -0.3 is 19.4 Å². The van der Waals surface area contributed by atoms with Gasteiger partial charge >= 0.3 is 0 Å². The van der Waals surface area contributed by atoms with Crippen LogP contribution >= 0.6 is 23.0 Å². The molecule has 0 spiro atoms. The highest BCUT2D eigenvalue weighted by Gasteiger charge is 2.45. The molecule has 0 radical (unpaired) electrons. The Bertz CT molecular complexity index is 899. The third-order valence-electron chi connectivity index (χ3n) is 8.05. The van der Waals surface area contributed by atoms with Crippen LogP contribution in [0, 0.1) is 0 Å². The maximum atomic E-state index is 13.7. The number of ketones is 1. The van der Waals surface area contributed by atoms with Crippen LogP contribution in [0.2, 0.25) is 0 Å². The van der Waals surface area contributed by atoms with Crippen molar-refractivity contribution < 1.29 is 32.1 Å². The number of nitrogens with one attached hydrogen (secondary N) is 1. The molecule has 12 heteroatoms. The Morgan fingerprint density at radius 2 is 1.36 bits per heavy atom. The first-order valence-corrected chi connectivity index (χ1v) is 15.1. The normalized spacial score (nSPS) is 24.1. The molecule has 3 aliphatic heterocycles. The van der Waals surface area contributed by atoms with Crippen LogP contribution in [0.3, 0.4) is 0 Å². The molecule has 0 aromatic carbocycles. The molecule has 3 unspecified atom stereocenters. The van der Waals surface area contributed by atoms with Crippen molar-refractivity contribution >= 4 is 46.5 Å². The van der Waals surface area contributed by atoms with Gasteiger partial charge in [0.1, 0.15) is 12.1 Å². The summed E-state index contributed by atoms with van der Waals surface area (Å²) < 4.78 is 10.6. The molecule has 222 valence electrons. The molecule has 0 bridgehead atoms. The summed E-state index contributed by atoms with van der Waals surface area (Å²) in [7, 11) is 0. The SMILES string of the molecule is CCC(=O)C1CCCN1C(=O)C1CCCN1C(=O)C1CCCN1C(=O)CCC(C)(C)OCC(C)(C)NOOI. The average Bonchev–Trinajstić information content (AvgIpc) is 3.69. The number of carbonyl (C=O) groups excluding carboxylic acids is 4. The van der Waals surface area contributed by atoms with Crippen molar-refractivity contribution in [3.8, 4) is 0 Å². The van der Waals surface area contributed by atoms with Crippen LogP contribution in [0.1, 0.15) is 92.4 Å². The minimum absolute atomic E-state index is 0.0724. The van der Waals surface area contributed by atoms with Crippen molar-refractivity contribution in [3.63, 3.8) is 0 Å². The fourth-order valence-electron chi connectivity index (χ4n) is 5.75. The third kappa shape index (κ3) is 8.34. The number of hydrogen-bond donors (Lipinski definition) is 1. The van der Waals surface area contributed by atoms with Gasteiger partial charge in [-0.25, -0.2) is 0 Å². The summed E-state index contributed by atoms with van der Waals surface area (Å²) in [6, 6.07) is -1.47. The zero-order valence-electron chi connectivity index (χ0n) is 24.0. The quantitative estimate of drug-likeness (QED) is 0.182. The van der Waals surface area contributed by atoms with E-state index in [0.717, 1.165) is 19.3 Å². The maximum absolute atomic E-state index is 13.7. The summed E-state index contributed by atoms with van der Waals surface area (Å²) >= 11 is 1.62. The highest BCUT2D eigenvalue weighted by Crippen LogP contribution is 2.30. The number of hydrogen-bond acceptors (Lipinski definition) is 8.